The Kier molecular flexibility index (Phi) is 5.11. The highest BCUT2D eigenvalue weighted by molar-refractivity contribution is 9.10. The maximum absolute atomic E-state index is 12.1. The second kappa shape index (κ2) is 7.64. The van der Waals surface area contributed by atoms with Crippen molar-refractivity contribution in [2.45, 2.75) is 0 Å². The normalized spacial score (nSPS) is 10.7. The Bertz CT molecular complexity index is 971. The molecule has 0 radical (unpaired) electrons. The molecule has 0 saturated carbocycles. The lowest BCUT2D eigenvalue weighted by Gasteiger charge is -2.01. The molecule has 1 aromatic heterocycles. The highest BCUT2D eigenvalue weighted by atomic mass is 79.9. The van der Waals surface area contributed by atoms with Crippen LogP contribution < -0.4 is 10.2 Å². The average molecular weight is 398 g/mol. The second-order valence-electron chi connectivity index (χ2n) is 5.01. The molecular weight excluding hydrogens is 386 g/mol. The molecule has 0 aliphatic heterocycles. The zero-order valence-corrected chi connectivity index (χ0v) is 14.5. The van der Waals surface area contributed by atoms with E-state index in [1.165, 1.54) is 6.21 Å². The quantitative estimate of drug-likeness (QED) is 0.522. The minimum atomic E-state index is -0.433. The third kappa shape index (κ3) is 4.25. The van der Waals surface area contributed by atoms with Gasteiger partial charge in [-0.25, -0.2) is 5.43 Å². The van der Waals surface area contributed by atoms with Gasteiger partial charge in [-0.1, -0.05) is 15.9 Å². The van der Waals surface area contributed by atoms with Crippen LogP contribution >= 0.6 is 15.9 Å². The van der Waals surface area contributed by atoms with E-state index in [2.05, 4.69) is 26.5 Å². The summed E-state index contributed by atoms with van der Waals surface area (Å²) < 4.78 is 11.6. The van der Waals surface area contributed by atoms with Crippen LogP contribution in [0.4, 0.5) is 0 Å². The third-order valence-corrected chi connectivity index (χ3v) is 3.76. The van der Waals surface area contributed by atoms with Gasteiger partial charge in [0.2, 0.25) is 0 Å². The van der Waals surface area contributed by atoms with E-state index in [1.807, 2.05) is 18.2 Å². The molecule has 1 heterocycles. The van der Waals surface area contributed by atoms with Crippen molar-refractivity contribution in [3.63, 3.8) is 0 Å². The maximum Gasteiger partial charge on any atom is 0.307 e. The summed E-state index contributed by atoms with van der Waals surface area (Å²) in [5, 5.41) is 13.2. The number of nitrogens with zero attached hydrogens (tertiary/aromatic N) is 2. The van der Waals surface area contributed by atoms with E-state index in [0.29, 0.717) is 11.3 Å². The first-order valence-corrected chi connectivity index (χ1v) is 8.07. The van der Waals surface area contributed by atoms with Crippen molar-refractivity contribution < 1.29 is 13.9 Å². The van der Waals surface area contributed by atoms with Gasteiger partial charge >= 0.3 is 5.91 Å². The molecule has 1 N–H and O–H groups in total. The first-order chi connectivity index (χ1) is 12.2. The first kappa shape index (κ1) is 16.7. The van der Waals surface area contributed by atoms with Crippen LogP contribution in [0.25, 0.3) is 11.0 Å². The molecule has 0 unspecified atom stereocenters. The van der Waals surface area contributed by atoms with Gasteiger partial charge < -0.3 is 9.15 Å². The summed E-state index contributed by atoms with van der Waals surface area (Å²) in [4.78, 5) is 12.1. The Morgan fingerprint density at radius 1 is 1.28 bits per heavy atom. The van der Waals surface area contributed by atoms with E-state index in [0.717, 1.165) is 15.4 Å². The highest BCUT2D eigenvalue weighted by Gasteiger charge is 2.11. The van der Waals surface area contributed by atoms with E-state index in [4.69, 9.17) is 14.4 Å². The Morgan fingerprint density at radius 2 is 2.08 bits per heavy atom. The molecule has 0 aliphatic carbocycles. The predicted octanol–water partition coefficient (Wildman–Crippen LogP) is 3.86. The van der Waals surface area contributed by atoms with Gasteiger partial charge in [0.05, 0.1) is 6.21 Å². The van der Waals surface area contributed by atoms with Crippen molar-refractivity contribution >= 4 is 39.0 Å². The number of amides is 1. The molecule has 0 atom stereocenters. The van der Waals surface area contributed by atoms with Crippen LogP contribution in [0.3, 0.4) is 0 Å². The van der Waals surface area contributed by atoms with E-state index >= 15 is 0 Å². The number of nitriles is 1. The Labute approximate surface area is 151 Å². The fourth-order valence-corrected chi connectivity index (χ4v) is 2.49. The number of hydrogen-bond donors (Lipinski definition) is 1. The summed E-state index contributed by atoms with van der Waals surface area (Å²) in [6.45, 7) is -0.00242. The standard InChI is InChI=1S/C18H12BrN3O3/c19-14-3-6-16-13(9-14)10-17(25-16)18(23)22-21-11-12-1-4-15(5-2-12)24-8-7-20/h1-6,9-11H,8H2,(H,22,23)/b21-11-. The molecule has 3 aromatic rings. The summed E-state index contributed by atoms with van der Waals surface area (Å²) in [6, 6.07) is 16.0. The largest absolute Gasteiger partial charge is 0.479 e. The minimum absolute atomic E-state index is 0.00242. The van der Waals surface area contributed by atoms with Crippen molar-refractivity contribution in [3.05, 3.63) is 64.3 Å². The van der Waals surface area contributed by atoms with Crippen molar-refractivity contribution in [2.75, 3.05) is 6.61 Å². The molecule has 124 valence electrons. The molecule has 3 rings (SSSR count). The number of furan rings is 1. The lowest BCUT2D eigenvalue weighted by atomic mass is 10.2. The number of rotatable bonds is 5. The summed E-state index contributed by atoms with van der Waals surface area (Å²) >= 11 is 3.37. The first-order valence-electron chi connectivity index (χ1n) is 7.28. The van der Waals surface area contributed by atoms with Crippen LogP contribution in [0.5, 0.6) is 5.75 Å². The molecule has 2 aromatic carbocycles. The van der Waals surface area contributed by atoms with Crippen molar-refractivity contribution in [3.8, 4) is 11.8 Å². The van der Waals surface area contributed by atoms with Gasteiger partial charge in [-0.3, -0.25) is 4.79 Å². The van der Waals surface area contributed by atoms with Crippen molar-refractivity contribution in [1.82, 2.24) is 5.43 Å². The topological polar surface area (TPSA) is 87.6 Å². The van der Waals surface area contributed by atoms with Crippen LogP contribution in [-0.4, -0.2) is 18.7 Å². The van der Waals surface area contributed by atoms with Gasteiger partial charge in [-0.2, -0.15) is 10.4 Å². The predicted molar refractivity (Wildman–Crippen MR) is 96.5 cm³/mol. The van der Waals surface area contributed by atoms with E-state index in [9.17, 15) is 4.79 Å². The van der Waals surface area contributed by atoms with E-state index in [1.54, 1.807) is 36.4 Å². The summed E-state index contributed by atoms with van der Waals surface area (Å²) in [5.41, 5.74) is 3.83. The van der Waals surface area contributed by atoms with Crippen molar-refractivity contribution in [2.24, 2.45) is 5.10 Å². The zero-order chi connectivity index (χ0) is 17.6. The fourth-order valence-electron chi connectivity index (χ4n) is 2.11. The number of hydrogen-bond acceptors (Lipinski definition) is 5. The summed E-state index contributed by atoms with van der Waals surface area (Å²) in [7, 11) is 0. The number of carbonyl (C=O) groups is 1. The Morgan fingerprint density at radius 3 is 2.84 bits per heavy atom. The van der Waals surface area contributed by atoms with Gasteiger partial charge in [0, 0.05) is 9.86 Å². The van der Waals surface area contributed by atoms with Crippen LogP contribution in [0.2, 0.25) is 0 Å². The molecule has 0 aliphatic rings. The number of halogens is 1. The number of hydrazone groups is 1. The molecular formula is C18H12BrN3O3. The lowest BCUT2D eigenvalue weighted by molar-refractivity contribution is 0.0929. The number of fused-ring (bicyclic) bond motifs is 1. The molecule has 25 heavy (non-hydrogen) atoms. The van der Waals surface area contributed by atoms with Crippen LogP contribution in [0, 0.1) is 11.3 Å². The molecule has 0 spiro atoms. The number of carbonyl (C=O) groups excluding carboxylic acids is 1. The lowest BCUT2D eigenvalue weighted by Crippen LogP contribution is -2.16. The van der Waals surface area contributed by atoms with E-state index < -0.39 is 5.91 Å². The summed E-state index contributed by atoms with van der Waals surface area (Å²) in [6.07, 6.45) is 1.51. The van der Waals surface area contributed by atoms with E-state index in [-0.39, 0.29) is 12.4 Å². The molecule has 0 fully saturated rings. The molecule has 0 bridgehead atoms. The van der Waals surface area contributed by atoms with Crippen LogP contribution in [0.1, 0.15) is 16.1 Å². The number of ether oxygens (including phenoxy) is 1. The van der Waals surface area contributed by atoms with Gasteiger partial charge in [-0.15, -0.1) is 0 Å². The third-order valence-electron chi connectivity index (χ3n) is 3.27. The highest BCUT2D eigenvalue weighted by Crippen LogP contribution is 2.23. The van der Waals surface area contributed by atoms with Gasteiger partial charge in [0.15, 0.2) is 12.4 Å². The molecule has 7 heteroatoms. The SMILES string of the molecule is N#CCOc1ccc(/C=N\NC(=O)c2cc3cc(Br)ccc3o2)cc1. The molecule has 6 nitrogen and oxygen atoms in total. The number of nitrogens with one attached hydrogen (secondary N) is 1. The second-order valence-corrected chi connectivity index (χ2v) is 5.92. The smallest absolute Gasteiger partial charge is 0.307 e. The van der Waals surface area contributed by atoms with Crippen LogP contribution in [-0.2, 0) is 0 Å². The van der Waals surface area contributed by atoms with Crippen LogP contribution in [0.15, 0.2) is 62.5 Å². The van der Waals surface area contributed by atoms with Gasteiger partial charge in [-0.05, 0) is 54.1 Å². The number of benzene rings is 2. The monoisotopic (exact) mass is 397 g/mol. The van der Waals surface area contributed by atoms with Gasteiger partial charge in [0.25, 0.3) is 0 Å². The average Bonchev–Trinajstić information content (AvgIpc) is 3.04. The van der Waals surface area contributed by atoms with Crippen molar-refractivity contribution in [1.29, 1.82) is 5.26 Å². The maximum atomic E-state index is 12.1. The summed E-state index contributed by atoms with van der Waals surface area (Å²) in [5.74, 6) is 0.346. The van der Waals surface area contributed by atoms with Gasteiger partial charge in [0.1, 0.15) is 17.4 Å². The fraction of sp³-hybridized carbons (Fsp3) is 0.0556. The molecule has 0 saturated heterocycles. The Hall–Kier alpha value is -3.11. The Balaban J connectivity index is 1.62. The minimum Gasteiger partial charge on any atom is -0.479 e. The zero-order valence-electron chi connectivity index (χ0n) is 12.9. The molecule has 1 amide bonds.